The maximum Gasteiger partial charge on any atom is 0.144 e. The van der Waals surface area contributed by atoms with Gasteiger partial charge in [-0.2, -0.15) is 0 Å². The molecule has 0 bridgehead atoms. The van der Waals surface area contributed by atoms with E-state index in [2.05, 4.69) is 0 Å². The minimum atomic E-state index is -1.12. The van der Waals surface area contributed by atoms with Gasteiger partial charge in [0.25, 0.3) is 0 Å². The third kappa shape index (κ3) is 1.07. The summed E-state index contributed by atoms with van der Waals surface area (Å²) in [6.45, 7) is 0. The molecule has 1 N–H and O–H groups in total. The van der Waals surface area contributed by atoms with Crippen LogP contribution in [0.15, 0.2) is 12.2 Å². The Kier molecular flexibility index (Phi) is 1.63. The van der Waals surface area contributed by atoms with Gasteiger partial charge in [-0.25, -0.2) is 4.39 Å². The fraction of sp³-hybridized carbons (Fsp3) is 0.667. The van der Waals surface area contributed by atoms with Crippen LogP contribution in [0.5, 0.6) is 0 Å². The molecule has 2 heteroatoms. The number of rotatable bonds is 0. The molecule has 1 aliphatic rings. The number of allylic oxidation sites excluding steroid dienone is 1. The number of aliphatic hydroxyl groups is 1. The molecule has 0 fully saturated rings. The summed E-state index contributed by atoms with van der Waals surface area (Å²) in [4.78, 5) is 0. The molecule has 0 spiro atoms. The highest BCUT2D eigenvalue weighted by atomic mass is 19.1. The van der Waals surface area contributed by atoms with Crippen molar-refractivity contribution in [2.45, 2.75) is 25.1 Å². The van der Waals surface area contributed by atoms with Crippen molar-refractivity contribution in [2.75, 3.05) is 0 Å². The molecule has 0 saturated heterocycles. The number of hydrogen-bond acceptors (Lipinski definition) is 1. The summed E-state index contributed by atoms with van der Waals surface area (Å²) >= 11 is 0. The van der Waals surface area contributed by atoms with Gasteiger partial charge in [0.2, 0.25) is 0 Å². The molecule has 0 heterocycles. The van der Waals surface area contributed by atoms with Gasteiger partial charge in [-0.05, 0) is 12.8 Å². The third-order valence-corrected chi connectivity index (χ3v) is 1.32. The highest BCUT2D eigenvalue weighted by Gasteiger charge is 2.16. The Balaban J connectivity index is 2.47. The van der Waals surface area contributed by atoms with Crippen molar-refractivity contribution < 1.29 is 9.50 Å². The molecule has 0 aromatic rings. The van der Waals surface area contributed by atoms with E-state index in [0.29, 0.717) is 6.42 Å². The summed E-state index contributed by atoms with van der Waals surface area (Å²) in [7, 11) is 0. The van der Waals surface area contributed by atoms with Crippen LogP contribution in [0.1, 0.15) is 12.8 Å². The molecule has 1 aliphatic carbocycles. The lowest BCUT2D eigenvalue weighted by Gasteiger charge is -2.14. The summed E-state index contributed by atoms with van der Waals surface area (Å²) in [5, 5.41) is 8.75. The van der Waals surface area contributed by atoms with Gasteiger partial charge in [0, 0.05) is 0 Å². The van der Waals surface area contributed by atoms with Gasteiger partial charge in [-0.1, -0.05) is 12.2 Å². The minimum absolute atomic E-state index is 0.567. The molecule has 0 aromatic heterocycles. The van der Waals surface area contributed by atoms with E-state index in [1.807, 2.05) is 0 Å². The van der Waals surface area contributed by atoms with E-state index < -0.39 is 12.3 Å². The third-order valence-electron chi connectivity index (χ3n) is 1.32. The fourth-order valence-electron chi connectivity index (χ4n) is 0.781. The largest absolute Gasteiger partial charge is 0.390 e. The van der Waals surface area contributed by atoms with Gasteiger partial charge in [0.15, 0.2) is 0 Å². The van der Waals surface area contributed by atoms with Crippen LogP contribution in [0, 0.1) is 0 Å². The lowest BCUT2D eigenvalue weighted by atomic mass is 10.0. The first kappa shape index (κ1) is 5.76. The Morgan fingerprint density at radius 1 is 1.62 bits per heavy atom. The molecule has 8 heavy (non-hydrogen) atoms. The molecule has 2 atom stereocenters. The van der Waals surface area contributed by atoms with Crippen molar-refractivity contribution in [1.29, 1.82) is 0 Å². The number of halogens is 1. The highest BCUT2D eigenvalue weighted by molar-refractivity contribution is 4.97. The topological polar surface area (TPSA) is 20.2 Å². The van der Waals surface area contributed by atoms with Crippen LogP contribution in [0.3, 0.4) is 0 Å². The van der Waals surface area contributed by atoms with Gasteiger partial charge >= 0.3 is 0 Å². The van der Waals surface area contributed by atoms with Gasteiger partial charge < -0.3 is 5.11 Å². The summed E-state index contributed by atoms with van der Waals surface area (Å²) in [6, 6.07) is 0. The van der Waals surface area contributed by atoms with E-state index in [4.69, 9.17) is 5.11 Å². The van der Waals surface area contributed by atoms with Gasteiger partial charge in [-0.3, -0.25) is 0 Å². The van der Waals surface area contributed by atoms with Crippen LogP contribution in [0.4, 0.5) is 4.39 Å². The van der Waals surface area contributed by atoms with Gasteiger partial charge in [0.05, 0.1) is 6.10 Å². The second-order valence-corrected chi connectivity index (χ2v) is 2.02. The zero-order valence-corrected chi connectivity index (χ0v) is 4.55. The molecule has 46 valence electrons. The molecule has 0 aliphatic heterocycles. The Bertz CT molecular complexity index is 101. The predicted octanol–water partition coefficient (Wildman–Crippen LogP) is 1.04. The van der Waals surface area contributed by atoms with Crippen LogP contribution in [0.25, 0.3) is 0 Å². The predicted molar refractivity (Wildman–Crippen MR) is 29.3 cm³/mol. The first-order valence-corrected chi connectivity index (χ1v) is 2.79. The number of hydrogen-bond donors (Lipinski definition) is 1. The van der Waals surface area contributed by atoms with E-state index in [-0.39, 0.29) is 0 Å². The Labute approximate surface area is 47.8 Å². The molecule has 1 nitrogen and oxygen atoms in total. The lowest BCUT2D eigenvalue weighted by Crippen LogP contribution is -2.21. The van der Waals surface area contributed by atoms with E-state index >= 15 is 0 Å². The maximum absolute atomic E-state index is 12.2. The first-order chi connectivity index (χ1) is 3.80. The van der Waals surface area contributed by atoms with Crippen molar-refractivity contribution in [3.8, 4) is 0 Å². The molecular weight excluding hydrogens is 107 g/mol. The first-order valence-electron chi connectivity index (χ1n) is 2.79. The quantitative estimate of drug-likeness (QED) is 0.469. The van der Waals surface area contributed by atoms with Crippen LogP contribution in [0.2, 0.25) is 0 Å². The standard InChI is InChI=1S/C6H9FO/c7-5-3-1-2-4-6(5)8/h1,3,5-6,8H,2,4H2/t5-,6-/m1/s1. The number of alkyl halides is 1. The summed E-state index contributed by atoms with van der Waals surface area (Å²) in [5.41, 5.74) is 0. The number of aliphatic hydroxyl groups excluding tert-OH is 1. The van der Waals surface area contributed by atoms with Crippen molar-refractivity contribution >= 4 is 0 Å². The average Bonchev–Trinajstić information content (AvgIpc) is 1.77. The zero-order valence-electron chi connectivity index (χ0n) is 4.55. The van der Waals surface area contributed by atoms with E-state index in [1.165, 1.54) is 6.08 Å². The minimum Gasteiger partial charge on any atom is -0.390 e. The SMILES string of the molecule is O[C@@H]1CCC=C[C@H]1F. The lowest BCUT2D eigenvalue weighted by molar-refractivity contribution is 0.0905. The van der Waals surface area contributed by atoms with E-state index in [0.717, 1.165) is 6.42 Å². The molecule has 0 unspecified atom stereocenters. The van der Waals surface area contributed by atoms with Crippen LogP contribution in [-0.4, -0.2) is 17.4 Å². The Hall–Kier alpha value is -0.370. The van der Waals surface area contributed by atoms with Gasteiger partial charge in [0.1, 0.15) is 6.17 Å². The van der Waals surface area contributed by atoms with Crippen LogP contribution >= 0.6 is 0 Å². The molecule has 0 aromatic carbocycles. The summed E-state index contributed by atoms with van der Waals surface area (Å²) in [5.74, 6) is 0. The van der Waals surface area contributed by atoms with Gasteiger partial charge in [-0.15, -0.1) is 0 Å². The Morgan fingerprint density at radius 2 is 2.38 bits per heavy atom. The Morgan fingerprint density at radius 3 is 2.75 bits per heavy atom. The zero-order chi connectivity index (χ0) is 5.98. The fourth-order valence-corrected chi connectivity index (χ4v) is 0.781. The highest BCUT2D eigenvalue weighted by Crippen LogP contribution is 2.13. The summed E-state index contributed by atoms with van der Waals surface area (Å²) < 4.78 is 12.2. The monoisotopic (exact) mass is 116 g/mol. The molecule has 0 radical (unpaired) electrons. The molecule has 0 amide bonds. The van der Waals surface area contributed by atoms with Crippen LogP contribution < -0.4 is 0 Å². The van der Waals surface area contributed by atoms with Crippen molar-refractivity contribution in [3.05, 3.63) is 12.2 Å². The van der Waals surface area contributed by atoms with E-state index in [9.17, 15) is 4.39 Å². The van der Waals surface area contributed by atoms with E-state index in [1.54, 1.807) is 6.08 Å². The second kappa shape index (κ2) is 2.27. The average molecular weight is 116 g/mol. The smallest absolute Gasteiger partial charge is 0.144 e. The van der Waals surface area contributed by atoms with Crippen molar-refractivity contribution in [3.63, 3.8) is 0 Å². The normalized spacial score (nSPS) is 37.8. The molecule has 1 rings (SSSR count). The maximum atomic E-state index is 12.2. The van der Waals surface area contributed by atoms with Crippen molar-refractivity contribution in [1.82, 2.24) is 0 Å². The molecule has 0 saturated carbocycles. The second-order valence-electron chi connectivity index (χ2n) is 2.02. The molecular formula is C6H9FO. The van der Waals surface area contributed by atoms with Crippen LogP contribution in [-0.2, 0) is 0 Å². The summed E-state index contributed by atoms with van der Waals surface area (Å²) in [6.07, 6.45) is 2.67. The van der Waals surface area contributed by atoms with Crippen molar-refractivity contribution in [2.24, 2.45) is 0 Å².